The van der Waals surface area contributed by atoms with Gasteiger partial charge in [-0.25, -0.2) is 8.42 Å². The van der Waals surface area contributed by atoms with Crippen LogP contribution in [0.4, 0.5) is 0 Å². The minimum Gasteiger partial charge on any atom is -0.207 e. The second-order valence-corrected chi connectivity index (χ2v) is 8.74. The zero-order valence-corrected chi connectivity index (χ0v) is 13.9. The molecule has 0 saturated carbocycles. The van der Waals surface area contributed by atoms with Crippen LogP contribution in [0.3, 0.4) is 0 Å². The Hall–Kier alpha value is -0.870. The molecule has 2 heterocycles. The fourth-order valence-electron chi connectivity index (χ4n) is 4.01. The molecule has 116 valence electrons. The normalized spacial score (nSPS) is 33.9. The molecule has 0 unspecified atom stereocenters. The van der Waals surface area contributed by atoms with E-state index in [0.29, 0.717) is 16.7 Å². The van der Waals surface area contributed by atoms with Crippen LogP contribution in [-0.4, -0.2) is 24.8 Å². The molecule has 3 rings (SSSR count). The van der Waals surface area contributed by atoms with E-state index in [1.807, 2.05) is 23.4 Å². The minimum absolute atomic E-state index is 0.186. The highest BCUT2D eigenvalue weighted by Crippen LogP contribution is 2.43. The van der Waals surface area contributed by atoms with Gasteiger partial charge in [0.05, 0.1) is 4.90 Å². The van der Waals surface area contributed by atoms with Crippen molar-refractivity contribution in [3.05, 3.63) is 29.8 Å². The summed E-state index contributed by atoms with van der Waals surface area (Å²) < 4.78 is 28.1. The van der Waals surface area contributed by atoms with Crippen molar-refractivity contribution in [2.75, 3.05) is 0 Å². The van der Waals surface area contributed by atoms with E-state index in [4.69, 9.17) is 0 Å². The van der Waals surface area contributed by atoms with Crippen LogP contribution in [0.1, 0.15) is 45.1 Å². The van der Waals surface area contributed by atoms with Crippen molar-refractivity contribution in [1.29, 1.82) is 0 Å². The number of fused-ring (bicyclic) bond motifs is 2. The molecule has 0 amide bonds. The van der Waals surface area contributed by atoms with Crippen LogP contribution in [0.5, 0.6) is 0 Å². The van der Waals surface area contributed by atoms with E-state index < -0.39 is 10.0 Å². The molecule has 0 aliphatic carbocycles. The van der Waals surface area contributed by atoms with Gasteiger partial charge in [-0.15, -0.1) is 0 Å². The largest absolute Gasteiger partial charge is 0.243 e. The topological polar surface area (TPSA) is 37.4 Å². The van der Waals surface area contributed by atoms with Crippen LogP contribution in [0.15, 0.2) is 29.2 Å². The van der Waals surface area contributed by atoms with Crippen molar-refractivity contribution in [3.8, 4) is 0 Å². The monoisotopic (exact) mass is 307 g/mol. The van der Waals surface area contributed by atoms with E-state index in [2.05, 4.69) is 13.8 Å². The molecule has 3 nitrogen and oxygen atoms in total. The van der Waals surface area contributed by atoms with E-state index in [0.717, 1.165) is 31.2 Å². The standard InChI is InChI=1S/C17H25NO2S/c1-12-4-8-15(9-5-12)21(19,20)18-16-11-7-14(3)17(18)10-6-13(16)2/h4-5,8-9,13-14,16-17H,6-7,10-11H2,1-3H3/t13-,14-,16+,17+/m0/s1. The molecular weight excluding hydrogens is 282 g/mol. The van der Waals surface area contributed by atoms with Gasteiger partial charge in [0.15, 0.2) is 0 Å². The van der Waals surface area contributed by atoms with Crippen LogP contribution in [-0.2, 0) is 10.0 Å². The summed E-state index contributed by atoms with van der Waals surface area (Å²) in [5.41, 5.74) is 1.09. The predicted molar refractivity (Wildman–Crippen MR) is 84.6 cm³/mol. The maximum atomic E-state index is 13.1. The lowest BCUT2D eigenvalue weighted by atomic mass is 9.76. The summed E-state index contributed by atoms with van der Waals surface area (Å²) in [5, 5.41) is 0. The number of sulfonamides is 1. The maximum Gasteiger partial charge on any atom is 0.243 e. The highest BCUT2D eigenvalue weighted by atomic mass is 32.2. The lowest BCUT2D eigenvalue weighted by molar-refractivity contribution is 0.0454. The summed E-state index contributed by atoms with van der Waals surface area (Å²) in [5.74, 6) is 0.933. The molecule has 2 aliphatic heterocycles. The highest BCUT2D eigenvalue weighted by molar-refractivity contribution is 7.89. The van der Waals surface area contributed by atoms with Gasteiger partial charge in [0.25, 0.3) is 0 Å². The highest BCUT2D eigenvalue weighted by Gasteiger charge is 2.47. The third kappa shape index (κ3) is 2.53. The Morgan fingerprint density at radius 2 is 1.38 bits per heavy atom. The quantitative estimate of drug-likeness (QED) is 0.837. The molecule has 4 atom stereocenters. The second kappa shape index (κ2) is 5.40. The Balaban J connectivity index is 2.02. The number of hydrogen-bond donors (Lipinski definition) is 0. The fraction of sp³-hybridized carbons (Fsp3) is 0.647. The third-order valence-corrected chi connectivity index (χ3v) is 7.36. The molecule has 1 aromatic rings. The summed E-state index contributed by atoms with van der Waals surface area (Å²) >= 11 is 0. The molecule has 4 heteroatoms. The molecule has 0 N–H and O–H groups in total. The van der Waals surface area contributed by atoms with Crippen LogP contribution >= 0.6 is 0 Å². The van der Waals surface area contributed by atoms with E-state index in [1.54, 1.807) is 12.1 Å². The summed E-state index contributed by atoms with van der Waals surface area (Å²) in [6.45, 7) is 6.39. The molecule has 0 spiro atoms. The summed E-state index contributed by atoms with van der Waals surface area (Å²) in [6, 6.07) is 7.66. The zero-order chi connectivity index (χ0) is 15.2. The molecule has 2 fully saturated rings. The van der Waals surface area contributed by atoms with Gasteiger partial charge >= 0.3 is 0 Å². The minimum atomic E-state index is -3.37. The first-order valence-electron chi connectivity index (χ1n) is 8.01. The van der Waals surface area contributed by atoms with Gasteiger partial charge in [0.2, 0.25) is 10.0 Å². The first-order valence-corrected chi connectivity index (χ1v) is 9.45. The number of aryl methyl sites for hydroxylation is 1. The smallest absolute Gasteiger partial charge is 0.207 e. The van der Waals surface area contributed by atoms with Crippen molar-refractivity contribution < 1.29 is 8.42 Å². The zero-order valence-electron chi connectivity index (χ0n) is 13.1. The Morgan fingerprint density at radius 3 is 1.86 bits per heavy atom. The molecule has 2 saturated heterocycles. The van der Waals surface area contributed by atoms with E-state index in [9.17, 15) is 8.42 Å². The van der Waals surface area contributed by atoms with Crippen LogP contribution in [0.25, 0.3) is 0 Å². The predicted octanol–water partition coefficient (Wildman–Crippen LogP) is 3.58. The fourth-order valence-corrected chi connectivity index (χ4v) is 6.07. The molecule has 2 aliphatic rings. The second-order valence-electron chi connectivity index (χ2n) is 6.89. The first-order chi connectivity index (χ1) is 9.91. The number of piperidine rings is 2. The van der Waals surface area contributed by atoms with Crippen molar-refractivity contribution in [3.63, 3.8) is 0 Å². The molecule has 21 heavy (non-hydrogen) atoms. The third-order valence-electron chi connectivity index (χ3n) is 5.40. The summed E-state index contributed by atoms with van der Waals surface area (Å²) in [6.07, 6.45) is 4.31. The lowest BCUT2D eigenvalue weighted by Gasteiger charge is -2.50. The SMILES string of the molecule is Cc1ccc(S(=O)(=O)N2[C@@H]3CC[C@H](C)[C@H]2CC[C@@H]3C)cc1. The van der Waals surface area contributed by atoms with Gasteiger partial charge in [-0.3, -0.25) is 0 Å². The van der Waals surface area contributed by atoms with Gasteiger partial charge in [0.1, 0.15) is 0 Å². The summed E-state index contributed by atoms with van der Waals surface area (Å²) in [4.78, 5) is 0.450. The molecular formula is C17H25NO2S. The Bertz CT molecular complexity index is 590. The Kier molecular flexibility index (Phi) is 3.87. The number of hydrogen-bond acceptors (Lipinski definition) is 2. The number of nitrogens with zero attached hydrogens (tertiary/aromatic N) is 1. The molecule has 0 radical (unpaired) electrons. The van der Waals surface area contributed by atoms with Crippen molar-refractivity contribution in [1.82, 2.24) is 4.31 Å². The van der Waals surface area contributed by atoms with Crippen molar-refractivity contribution in [2.24, 2.45) is 11.8 Å². The van der Waals surface area contributed by atoms with Gasteiger partial charge < -0.3 is 0 Å². The molecule has 1 aromatic carbocycles. The lowest BCUT2D eigenvalue weighted by Crippen LogP contribution is -2.58. The van der Waals surface area contributed by atoms with Crippen molar-refractivity contribution >= 4 is 10.0 Å². The number of benzene rings is 1. The van der Waals surface area contributed by atoms with Gasteiger partial charge in [-0.2, -0.15) is 4.31 Å². The molecule has 0 aromatic heterocycles. The van der Waals surface area contributed by atoms with E-state index in [-0.39, 0.29) is 12.1 Å². The van der Waals surface area contributed by atoms with Crippen LogP contribution in [0, 0.1) is 18.8 Å². The van der Waals surface area contributed by atoms with E-state index in [1.165, 1.54) is 0 Å². The maximum absolute atomic E-state index is 13.1. The Morgan fingerprint density at radius 1 is 0.905 bits per heavy atom. The van der Waals surface area contributed by atoms with Gasteiger partial charge in [0, 0.05) is 12.1 Å². The number of rotatable bonds is 2. The average molecular weight is 307 g/mol. The Labute approximate surface area is 128 Å². The van der Waals surface area contributed by atoms with Gasteiger partial charge in [-0.1, -0.05) is 31.5 Å². The first kappa shape index (κ1) is 15.0. The summed E-state index contributed by atoms with van der Waals surface area (Å²) in [7, 11) is -3.37. The van der Waals surface area contributed by atoms with Crippen LogP contribution in [0.2, 0.25) is 0 Å². The van der Waals surface area contributed by atoms with Gasteiger partial charge in [-0.05, 0) is 56.6 Å². The molecule has 2 bridgehead atoms. The van der Waals surface area contributed by atoms with Crippen LogP contribution < -0.4 is 0 Å². The van der Waals surface area contributed by atoms with Crippen molar-refractivity contribution in [2.45, 2.75) is 63.4 Å². The van der Waals surface area contributed by atoms with E-state index >= 15 is 0 Å². The average Bonchev–Trinajstić information content (AvgIpc) is 2.45.